The van der Waals surface area contributed by atoms with Crippen molar-refractivity contribution in [2.24, 2.45) is 0 Å². The molecule has 6 rings (SSSR count). The van der Waals surface area contributed by atoms with Crippen molar-refractivity contribution in [1.82, 2.24) is 15.1 Å². The van der Waals surface area contributed by atoms with Gasteiger partial charge in [0.25, 0.3) is 5.91 Å². The molecule has 0 saturated carbocycles. The van der Waals surface area contributed by atoms with Gasteiger partial charge in [0.1, 0.15) is 28.5 Å². The maximum absolute atomic E-state index is 14.3. The first kappa shape index (κ1) is 34.6. The molecule has 2 saturated heterocycles. The van der Waals surface area contributed by atoms with Crippen LogP contribution in [0.25, 0.3) is 0 Å². The van der Waals surface area contributed by atoms with Gasteiger partial charge >= 0.3 is 12.1 Å². The van der Waals surface area contributed by atoms with E-state index in [1.807, 2.05) is 84.9 Å². The van der Waals surface area contributed by atoms with E-state index in [0.717, 1.165) is 10.5 Å². The van der Waals surface area contributed by atoms with Gasteiger partial charge in [-0.1, -0.05) is 72.8 Å². The quantitative estimate of drug-likeness (QED) is 0.192. The summed E-state index contributed by atoms with van der Waals surface area (Å²) >= 11 is 0. The molecule has 3 atom stereocenters. The van der Waals surface area contributed by atoms with E-state index in [-0.39, 0.29) is 22.9 Å². The summed E-state index contributed by atoms with van der Waals surface area (Å²) in [6, 6.07) is 24.7. The molecule has 0 spiro atoms. The van der Waals surface area contributed by atoms with E-state index >= 15 is 0 Å². The van der Waals surface area contributed by atoms with Crippen LogP contribution in [0.4, 0.5) is 4.79 Å². The molecule has 3 aromatic carbocycles. The largest absolute Gasteiger partial charge is 0.497 e. The van der Waals surface area contributed by atoms with Crippen molar-refractivity contribution >= 4 is 34.7 Å². The van der Waals surface area contributed by atoms with Gasteiger partial charge in [0.05, 0.1) is 23.7 Å². The van der Waals surface area contributed by atoms with Crippen LogP contribution in [0.3, 0.4) is 0 Å². The molecule has 0 aliphatic carbocycles. The minimum Gasteiger partial charge on any atom is -0.497 e. The van der Waals surface area contributed by atoms with E-state index in [0.29, 0.717) is 42.0 Å². The second-order valence-corrected chi connectivity index (χ2v) is 14.8. The summed E-state index contributed by atoms with van der Waals surface area (Å²) in [7, 11) is -0.160. The van der Waals surface area contributed by atoms with Gasteiger partial charge in [0.15, 0.2) is 6.10 Å². The highest BCUT2D eigenvalue weighted by molar-refractivity contribution is 7.86. The van der Waals surface area contributed by atoms with Gasteiger partial charge in [0, 0.05) is 18.7 Å². The van der Waals surface area contributed by atoms with E-state index in [9.17, 15) is 23.4 Å². The molecule has 0 aromatic heterocycles. The van der Waals surface area contributed by atoms with Gasteiger partial charge in [-0.2, -0.15) is 0 Å². The Hall–Kier alpha value is -5.23. The van der Waals surface area contributed by atoms with Gasteiger partial charge in [-0.05, 0) is 67.7 Å². The van der Waals surface area contributed by atoms with E-state index in [4.69, 9.17) is 14.2 Å². The summed E-state index contributed by atoms with van der Waals surface area (Å²) in [5.74, 6) is -1.14. The number of benzene rings is 3. The first-order valence-electron chi connectivity index (χ1n) is 16.3. The van der Waals surface area contributed by atoms with Crippen molar-refractivity contribution in [3.63, 3.8) is 0 Å². The van der Waals surface area contributed by atoms with Crippen LogP contribution in [0.5, 0.6) is 5.75 Å². The highest BCUT2D eigenvalue weighted by Crippen LogP contribution is 2.38. The summed E-state index contributed by atoms with van der Waals surface area (Å²) in [4.78, 5) is 57.1. The topological polar surface area (TPSA) is 132 Å². The summed E-state index contributed by atoms with van der Waals surface area (Å²) in [6.45, 7) is 5.86. The van der Waals surface area contributed by atoms with Gasteiger partial charge in [-0.15, -0.1) is 0 Å². The molecular formula is C38H39N3O8S. The Bertz CT molecular complexity index is 1850. The number of esters is 1. The molecule has 3 unspecified atom stereocenters. The molecule has 3 amide bonds. The van der Waals surface area contributed by atoms with Crippen molar-refractivity contribution in [2.75, 3.05) is 19.4 Å². The molecule has 1 N–H and O–H groups in total. The van der Waals surface area contributed by atoms with E-state index < -0.39 is 51.9 Å². The molecule has 0 bridgehead atoms. The van der Waals surface area contributed by atoms with Crippen LogP contribution in [-0.2, 0) is 41.2 Å². The SMILES string of the molecule is COc1cccc(CN2CC/C(=C\C3=C(C(=O)OC(c4ccccc4)c4ccccc4)N4C(=O)C(NC(=O)OC(C)(C)C)C4S(=O)C3)C2=O)c1. The van der Waals surface area contributed by atoms with Crippen molar-refractivity contribution in [3.05, 3.63) is 125 Å². The highest BCUT2D eigenvalue weighted by Gasteiger charge is 2.58. The summed E-state index contributed by atoms with van der Waals surface area (Å²) in [6.07, 6.45) is 0.295. The molecule has 11 nitrogen and oxygen atoms in total. The number of methoxy groups -OCH3 is 1. The highest BCUT2D eigenvalue weighted by atomic mass is 32.2. The molecule has 3 aromatic rings. The Kier molecular flexibility index (Phi) is 9.92. The number of rotatable bonds is 9. The van der Waals surface area contributed by atoms with E-state index in [1.165, 1.54) is 0 Å². The van der Waals surface area contributed by atoms with Crippen molar-refractivity contribution < 1.29 is 37.6 Å². The smallest absolute Gasteiger partial charge is 0.408 e. The lowest BCUT2D eigenvalue weighted by Gasteiger charge is -2.49. The number of β-lactam (4-membered cyclic amide) rings is 1. The average Bonchev–Trinajstić information content (AvgIpc) is 3.43. The summed E-state index contributed by atoms with van der Waals surface area (Å²) < 4.78 is 30.6. The van der Waals surface area contributed by atoms with Crippen LogP contribution in [-0.4, -0.2) is 74.3 Å². The summed E-state index contributed by atoms with van der Waals surface area (Å²) in [5, 5.41) is 1.50. The second-order valence-electron chi connectivity index (χ2n) is 13.2. The molecule has 12 heteroatoms. The molecule has 3 aliphatic heterocycles. The predicted molar refractivity (Wildman–Crippen MR) is 186 cm³/mol. The summed E-state index contributed by atoms with van der Waals surface area (Å²) in [5.41, 5.74) is 2.05. The Morgan fingerprint density at radius 3 is 2.26 bits per heavy atom. The molecule has 3 heterocycles. The van der Waals surface area contributed by atoms with Crippen molar-refractivity contribution in [3.8, 4) is 5.75 Å². The van der Waals surface area contributed by atoms with Crippen LogP contribution in [0.1, 0.15) is 50.0 Å². The van der Waals surface area contributed by atoms with Gasteiger partial charge < -0.3 is 24.4 Å². The average molecular weight is 698 g/mol. The zero-order valence-corrected chi connectivity index (χ0v) is 29.1. The van der Waals surface area contributed by atoms with Crippen LogP contribution < -0.4 is 10.1 Å². The number of amides is 3. The Morgan fingerprint density at radius 1 is 0.980 bits per heavy atom. The fraction of sp³-hybridized carbons (Fsp3) is 0.316. The van der Waals surface area contributed by atoms with E-state index in [2.05, 4.69) is 5.32 Å². The number of nitrogens with zero attached hydrogens (tertiary/aromatic N) is 2. The van der Waals surface area contributed by atoms with Crippen LogP contribution >= 0.6 is 0 Å². The normalized spacial score (nSPS) is 21.2. The number of hydrogen-bond acceptors (Lipinski definition) is 8. The van der Waals surface area contributed by atoms with Crippen LogP contribution in [0.2, 0.25) is 0 Å². The maximum atomic E-state index is 14.3. The number of carbonyl (C=O) groups excluding carboxylic acids is 4. The molecular weight excluding hydrogens is 658 g/mol. The minimum atomic E-state index is -1.74. The number of carbonyl (C=O) groups is 4. The first-order chi connectivity index (χ1) is 23.9. The molecule has 2 fully saturated rings. The number of alkyl carbamates (subject to hydrolysis) is 1. The number of likely N-dealkylation sites (tertiary alicyclic amines) is 1. The van der Waals surface area contributed by atoms with Gasteiger partial charge in [0.2, 0.25) is 5.91 Å². The fourth-order valence-corrected chi connectivity index (χ4v) is 7.87. The lowest BCUT2D eigenvalue weighted by Crippen LogP contribution is -2.73. The monoisotopic (exact) mass is 697 g/mol. The number of nitrogens with one attached hydrogen (secondary N) is 1. The predicted octanol–water partition coefficient (Wildman–Crippen LogP) is 4.76. The molecule has 0 radical (unpaired) electrons. The van der Waals surface area contributed by atoms with Crippen LogP contribution in [0.15, 0.2) is 108 Å². The third-order valence-corrected chi connectivity index (χ3v) is 10.1. The third kappa shape index (κ3) is 7.35. The lowest BCUT2D eigenvalue weighted by molar-refractivity contribution is -0.153. The Labute approximate surface area is 293 Å². The zero-order valence-electron chi connectivity index (χ0n) is 28.3. The third-order valence-electron chi connectivity index (χ3n) is 8.52. The van der Waals surface area contributed by atoms with Crippen LogP contribution in [0, 0.1) is 0 Å². The number of allylic oxidation sites excluding steroid dienone is 1. The Morgan fingerprint density at radius 2 is 1.64 bits per heavy atom. The minimum absolute atomic E-state index is 0.106. The zero-order chi connectivity index (χ0) is 35.6. The molecule has 50 heavy (non-hydrogen) atoms. The number of ether oxygens (including phenoxy) is 3. The van der Waals surface area contributed by atoms with E-state index in [1.54, 1.807) is 38.9 Å². The van der Waals surface area contributed by atoms with Crippen molar-refractivity contribution in [1.29, 1.82) is 0 Å². The lowest BCUT2D eigenvalue weighted by atomic mass is 10.00. The number of fused-ring (bicyclic) bond motifs is 1. The standard InChI is InChI=1S/C38H39N3O8S/c1-38(2,3)49-37(45)39-30-34(43)41-31(36(44)48-32(25-13-7-5-8-14-25)26-15-9-6-10-16-26)28(23-50(46)35(30)41)21-27-18-19-40(33(27)42)22-24-12-11-17-29(20-24)47-4/h5-17,20-21,30,32,35H,18-19,22-23H2,1-4H3,(H,39,45)/b27-21+. The number of hydrogen-bond donors (Lipinski definition) is 1. The first-order valence-corrected chi connectivity index (χ1v) is 17.7. The molecule has 260 valence electrons. The fourth-order valence-electron chi connectivity index (χ4n) is 6.24. The maximum Gasteiger partial charge on any atom is 0.408 e. The molecule has 3 aliphatic rings. The van der Waals surface area contributed by atoms with Crippen molar-refractivity contribution in [2.45, 2.75) is 56.9 Å². The second kappa shape index (κ2) is 14.3. The van der Waals surface area contributed by atoms with Gasteiger partial charge in [-0.3, -0.25) is 18.7 Å². The Balaban J connectivity index is 1.34. The van der Waals surface area contributed by atoms with Gasteiger partial charge in [-0.25, -0.2) is 9.59 Å².